The van der Waals surface area contributed by atoms with Crippen molar-refractivity contribution in [2.75, 3.05) is 11.5 Å². The molecule has 0 heterocycles. The maximum atomic E-state index is 10.3. The molecule has 0 aromatic rings. The van der Waals surface area contributed by atoms with Crippen molar-refractivity contribution in [2.24, 2.45) is 0 Å². The van der Waals surface area contributed by atoms with Gasteiger partial charge in [-0.15, -0.1) is 0 Å². The largest absolute Gasteiger partial charge is 0.481 e. The average Bonchev–Trinajstić information content (AvgIpc) is 2.43. The van der Waals surface area contributed by atoms with Crippen LogP contribution in [0.1, 0.15) is 77.6 Å². The van der Waals surface area contributed by atoms with Crippen molar-refractivity contribution in [3.63, 3.8) is 0 Å². The molecule has 0 aromatic heterocycles. The zero-order valence-corrected chi connectivity index (χ0v) is 13.9. The van der Waals surface area contributed by atoms with Crippen LogP contribution in [0.15, 0.2) is 12.2 Å². The van der Waals surface area contributed by atoms with Gasteiger partial charge in [-0.25, -0.2) is 0 Å². The van der Waals surface area contributed by atoms with E-state index >= 15 is 0 Å². The fourth-order valence-corrected chi connectivity index (χ4v) is 3.05. The number of carboxylic acids is 1. The van der Waals surface area contributed by atoms with Gasteiger partial charge < -0.3 is 5.11 Å². The average molecular weight is 301 g/mol. The molecular formula is C17H32O2S. The first-order valence-corrected chi connectivity index (χ1v) is 9.37. The zero-order valence-electron chi connectivity index (χ0n) is 13.1. The van der Waals surface area contributed by atoms with Crippen LogP contribution in [0, 0.1) is 0 Å². The Morgan fingerprint density at radius 1 is 0.900 bits per heavy atom. The van der Waals surface area contributed by atoms with Crippen LogP contribution < -0.4 is 0 Å². The first kappa shape index (κ1) is 19.6. The zero-order chi connectivity index (χ0) is 14.9. The summed E-state index contributed by atoms with van der Waals surface area (Å²) in [7, 11) is 0. The van der Waals surface area contributed by atoms with E-state index in [1.165, 1.54) is 69.3 Å². The molecule has 0 aliphatic rings. The lowest BCUT2D eigenvalue weighted by Gasteiger charge is -2.02. The van der Waals surface area contributed by atoms with Crippen molar-refractivity contribution < 1.29 is 9.90 Å². The number of hydrogen-bond acceptors (Lipinski definition) is 2. The molecule has 0 saturated heterocycles. The molecule has 0 spiro atoms. The fourth-order valence-electron chi connectivity index (χ4n) is 2.03. The monoisotopic (exact) mass is 300 g/mol. The predicted octanol–water partition coefficient (Wildman–Crippen LogP) is 5.67. The molecular weight excluding hydrogens is 268 g/mol. The first-order valence-electron chi connectivity index (χ1n) is 8.22. The Morgan fingerprint density at radius 2 is 1.50 bits per heavy atom. The quantitative estimate of drug-likeness (QED) is 0.313. The molecule has 0 radical (unpaired) electrons. The molecule has 0 bridgehead atoms. The highest BCUT2D eigenvalue weighted by molar-refractivity contribution is 7.99. The van der Waals surface area contributed by atoms with Crippen molar-refractivity contribution >= 4 is 17.7 Å². The molecule has 0 saturated carbocycles. The second kappa shape index (κ2) is 16.6. The number of carbonyl (C=O) groups is 1. The lowest BCUT2D eigenvalue weighted by Crippen LogP contribution is -1.89. The Kier molecular flexibility index (Phi) is 16.2. The summed E-state index contributed by atoms with van der Waals surface area (Å²) >= 11 is 2.11. The van der Waals surface area contributed by atoms with Crippen molar-refractivity contribution in [3.8, 4) is 0 Å². The Hall–Kier alpha value is -0.440. The van der Waals surface area contributed by atoms with Gasteiger partial charge >= 0.3 is 5.97 Å². The molecule has 0 rings (SSSR count). The maximum absolute atomic E-state index is 10.3. The van der Waals surface area contributed by atoms with Gasteiger partial charge in [0.25, 0.3) is 0 Å². The highest BCUT2D eigenvalue weighted by Crippen LogP contribution is 2.12. The molecule has 0 aromatic carbocycles. The van der Waals surface area contributed by atoms with Crippen LogP contribution in [-0.4, -0.2) is 22.6 Å². The van der Waals surface area contributed by atoms with E-state index in [0.29, 0.717) is 0 Å². The molecule has 0 aliphatic carbocycles. The summed E-state index contributed by atoms with van der Waals surface area (Å²) in [6.07, 6.45) is 17.0. The van der Waals surface area contributed by atoms with Gasteiger partial charge in [0, 0.05) is 0 Å². The number of aliphatic carboxylic acids is 1. The SMILES string of the molecule is CCCCCCCSCCCCCC/C=C/CC(=O)O. The highest BCUT2D eigenvalue weighted by atomic mass is 32.2. The number of thioether (sulfide) groups is 1. The second-order valence-corrected chi connectivity index (χ2v) is 6.52. The van der Waals surface area contributed by atoms with Crippen molar-refractivity contribution in [3.05, 3.63) is 12.2 Å². The predicted molar refractivity (Wildman–Crippen MR) is 90.6 cm³/mol. The minimum atomic E-state index is -0.743. The number of rotatable bonds is 15. The first-order chi connectivity index (χ1) is 9.77. The van der Waals surface area contributed by atoms with Crippen LogP contribution in [0.4, 0.5) is 0 Å². The normalized spacial score (nSPS) is 11.2. The topological polar surface area (TPSA) is 37.3 Å². The number of carboxylic acid groups (broad SMARTS) is 1. The smallest absolute Gasteiger partial charge is 0.307 e. The maximum Gasteiger partial charge on any atom is 0.307 e. The Balaban J connectivity index is 3.02. The molecule has 118 valence electrons. The summed E-state index contributed by atoms with van der Waals surface area (Å²) in [5.74, 6) is 1.90. The molecule has 20 heavy (non-hydrogen) atoms. The standard InChI is InChI=1S/C17H32O2S/c1-2-3-4-9-12-15-20-16-13-10-7-5-6-8-11-14-17(18)19/h8,11H,2-7,9-10,12-16H2,1H3,(H,18,19)/b11-8+. The van der Waals surface area contributed by atoms with E-state index in [-0.39, 0.29) is 6.42 Å². The number of allylic oxidation sites excluding steroid dienone is 1. The summed E-state index contributed by atoms with van der Waals surface area (Å²) < 4.78 is 0. The van der Waals surface area contributed by atoms with Crippen LogP contribution in [-0.2, 0) is 4.79 Å². The fraction of sp³-hybridized carbons (Fsp3) is 0.824. The van der Waals surface area contributed by atoms with Gasteiger partial charge in [0.1, 0.15) is 0 Å². The van der Waals surface area contributed by atoms with E-state index < -0.39 is 5.97 Å². The summed E-state index contributed by atoms with van der Waals surface area (Å²) in [6, 6.07) is 0. The minimum Gasteiger partial charge on any atom is -0.481 e. The van der Waals surface area contributed by atoms with Gasteiger partial charge in [-0.3, -0.25) is 4.79 Å². The van der Waals surface area contributed by atoms with Gasteiger partial charge in [0.15, 0.2) is 0 Å². The number of hydrogen-bond donors (Lipinski definition) is 1. The van der Waals surface area contributed by atoms with Crippen molar-refractivity contribution in [1.29, 1.82) is 0 Å². The summed E-state index contributed by atoms with van der Waals surface area (Å²) in [5.41, 5.74) is 0. The van der Waals surface area contributed by atoms with E-state index in [1.807, 2.05) is 6.08 Å². The van der Waals surface area contributed by atoms with E-state index in [4.69, 9.17) is 5.11 Å². The molecule has 3 heteroatoms. The highest BCUT2D eigenvalue weighted by Gasteiger charge is 1.93. The van der Waals surface area contributed by atoms with Gasteiger partial charge in [0.2, 0.25) is 0 Å². The second-order valence-electron chi connectivity index (χ2n) is 5.30. The molecule has 0 unspecified atom stereocenters. The molecule has 0 fully saturated rings. The van der Waals surface area contributed by atoms with Crippen LogP contribution in [0.2, 0.25) is 0 Å². The molecule has 0 atom stereocenters. The van der Waals surface area contributed by atoms with E-state index in [2.05, 4.69) is 18.7 Å². The molecule has 0 amide bonds. The van der Waals surface area contributed by atoms with Gasteiger partial charge in [-0.05, 0) is 37.2 Å². The Labute approximate surface area is 129 Å². The molecule has 0 aliphatic heterocycles. The van der Waals surface area contributed by atoms with Crippen LogP contribution in [0.5, 0.6) is 0 Å². The van der Waals surface area contributed by atoms with E-state index in [0.717, 1.165) is 6.42 Å². The molecule has 2 nitrogen and oxygen atoms in total. The Bertz CT molecular complexity index is 239. The van der Waals surface area contributed by atoms with E-state index in [1.54, 1.807) is 6.08 Å². The van der Waals surface area contributed by atoms with Crippen molar-refractivity contribution in [1.82, 2.24) is 0 Å². The summed E-state index contributed by atoms with van der Waals surface area (Å²) in [6.45, 7) is 2.26. The summed E-state index contributed by atoms with van der Waals surface area (Å²) in [5, 5.41) is 8.46. The summed E-state index contributed by atoms with van der Waals surface area (Å²) in [4.78, 5) is 10.3. The number of unbranched alkanes of at least 4 members (excludes halogenated alkanes) is 8. The minimum absolute atomic E-state index is 0.162. The Morgan fingerprint density at radius 3 is 2.10 bits per heavy atom. The van der Waals surface area contributed by atoms with Crippen LogP contribution in [0.25, 0.3) is 0 Å². The van der Waals surface area contributed by atoms with Crippen LogP contribution in [0.3, 0.4) is 0 Å². The van der Waals surface area contributed by atoms with Gasteiger partial charge in [-0.2, -0.15) is 11.8 Å². The van der Waals surface area contributed by atoms with Crippen molar-refractivity contribution in [2.45, 2.75) is 77.6 Å². The van der Waals surface area contributed by atoms with Gasteiger partial charge in [0.05, 0.1) is 6.42 Å². The van der Waals surface area contributed by atoms with Crippen LogP contribution >= 0.6 is 11.8 Å². The molecule has 1 N–H and O–H groups in total. The van der Waals surface area contributed by atoms with Gasteiger partial charge in [-0.1, -0.05) is 57.6 Å². The third kappa shape index (κ3) is 17.6. The third-order valence-corrected chi connectivity index (χ3v) is 4.42. The lowest BCUT2D eigenvalue weighted by atomic mass is 10.1. The third-order valence-electron chi connectivity index (χ3n) is 3.26. The lowest BCUT2D eigenvalue weighted by molar-refractivity contribution is -0.136. The van der Waals surface area contributed by atoms with E-state index in [9.17, 15) is 4.79 Å².